The number of hydrogen-bond donors (Lipinski definition) is 1. The number of esters is 1. The Morgan fingerprint density at radius 1 is 1.09 bits per heavy atom. The maximum Gasteiger partial charge on any atom is 0.391 e. The van der Waals surface area contributed by atoms with Crippen molar-refractivity contribution < 1.29 is 27.5 Å². The van der Waals surface area contributed by atoms with Crippen molar-refractivity contribution >= 4 is 23.5 Å². The fourth-order valence-corrected chi connectivity index (χ4v) is 4.31. The summed E-state index contributed by atoms with van der Waals surface area (Å²) in [5, 5.41) is 3.32. The monoisotopic (exact) mass is 467 g/mol. The van der Waals surface area contributed by atoms with Crippen LogP contribution in [0.1, 0.15) is 36.8 Å². The van der Waals surface area contributed by atoms with Crippen LogP contribution >= 0.6 is 11.6 Å². The SMILES string of the molecule is COC(=O)[C@]1(NC(=O)Cc2cc(-c3ccc(Cl)cc3)ccc2C)CC[C@H](C(F)(F)F)CC1. The standard InChI is InChI=1S/C24H25ClF3NO3/c1-15-3-4-17(16-5-7-20(25)8-6-16)13-18(15)14-21(30)29-23(22(31)32-2)11-9-19(10-12-23)24(26,27)28/h3-8,13,19H,9-12,14H2,1-2H3,(H,29,30)/t19-,23-. The van der Waals surface area contributed by atoms with Crippen molar-refractivity contribution in [3.05, 3.63) is 58.6 Å². The zero-order chi connectivity index (χ0) is 23.5. The van der Waals surface area contributed by atoms with Crippen molar-refractivity contribution in [1.82, 2.24) is 5.32 Å². The molecule has 0 radical (unpaired) electrons. The maximum absolute atomic E-state index is 13.1. The molecule has 32 heavy (non-hydrogen) atoms. The van der Waals surface area contributed by atoms with Crippen molar-refractivity contribution in [3.8, 4) is 11.1 Å². The lowest BCUT2D eigenvalue weighted by Crippen LogP contribution is -2.58. The highest BCUT2D eigenvalue weighted by molar-refractivity contribution is 6.30. The molecule has 2 aromatic carbocycles. The highest BCUT2D eigenvalue weighted by Gasteiger charge is 2.50. The third-order valence-corrected chi connectivity index (χ3v) is 6.39. The molecule has 1 saturated carbocycles. The number of aryl methyl sites for hydroxylation is 1. The molecule has 1 amide bonds. The molecule has 0 heterocycles. The molecule has 1 aliphatic rings. The number of carbonyl (C=O) groups excluding carboxylic acids is 2. The summed E-state index contributed by atoms with van der Waals surface area (Å²) in [4.78, 5) is 25.3. The minimum Gasteiger partial charge on any atom is -0.467 e. The van der Waals surface area contributed by atoms with Gasteiger partial charge >= 0.3 is 12.1 Å². The van der Waals surface area contributed by atoms with Gasteiger partial charge in [0.15, 0.2) is 0 Å². The van der Waals surface area contributed by atoms with Crippen LogP contribution < -0.4 is 5.32 Å². The molecule has 8 heteroatoms. The first-order chi connectivity index (χ1) is 15.0. The van der Waals surface area contributed by atoms with Crippen LogP contribution in [0, 0.1) is 12.8 Å². The predicted octanol–water partition coefficient (Wildman–Crippen LogP) is 5.64. The molecule has 0 saturated heterocycles. The number of carbonyl (C=O) groups is 2. The average molecular weight is 468 g/mol. The molecular weight excluding hydrogens is 443 g/mol. The largest absolute Gasteiger partial charge is 0.467 e. The quantitative estimate of drug-likeness (QED) is 0.579. The Labute approximate surface area is 190 Å². The molecule has 1 N–H and O–H groups in total. The summed E-state index contributed by atoms with van der Waals surface area (Å²) in [5.74, 6) is -2.62. The summed E-state index contributed by atoms with van der Waals surface area (Å²) in [6, 6.07) is 13.0. The molecule has 3 rings (SSSR count). The normalized spacial score (nSPS) is 21.1. The Bertz CT molecular complexity index is 981. The average Bonchev–Trinajstić information content (AvgIpc) is 2.75. The Morgan fingerprint density at radius 2 is 1.69 bits per heavy atom. The van der Waals surface area contributed by atoms with Gasteiger partial charge in [0.25, 0.3) is 0 Å². The number of alkyl halides is 3. The van der Waals surface area contributed by atoms with Gasteiger partial charge in [0.1, 0.15) is 5.54 Å². The number of rotatable bonds is 5. The summed E-state index contributed by atoms with van der Waals surface area (Å²) in [5.41, 5.74) is 2.07. The third kappa shape index (κ3) is 5.44. The zero-order valence-corrected chi connectivity index (χ0v) is 18.6. The number of amides is 1. The second kappa shape index (κ2) is 9.53. The molecule has 1 aliphatic carbocycles. The maximum atomic E-state index is 13.1. The summed E-state index contributed by atoms with van der Waals surface area (Å²) in [6.07, 6.45) is -5.01. The van der Waals surface area contributed by atoms with Crippen molar-refractivity contribution in [2.75, 3.05) is 7.11 Å². The zero-order valence-electron chi connectivity index (χ0n) is 17.9. The number of hydrogen-bond acceptors (Lipinski definition) is 3. The van der Waals surface area contributed by atoms with E-state index >= 15 is 0 Å². The Morgan fingerprint density at radius 3 is 2.25 bits per heavy atom. The van der Waals surface area contributed by atoms with E-state index in [0.29, 0.717) is 5.02 Å². The van der Waals surface area contributed by atoms with Crippen LogP contribution in [-0.2, 0) is 20.7 Å². The van der Waals surface area contributed by atoms with Crippen molar-refractivity contribution in [3.63, 3.8) is 0 Å². The first-order valence-electron chi connectivity index (χ1n) is 10.4. The molecular formula is C24H25ClF3NO3. The van der Waals surface area contributed by atoms with Gasteiger partial charge in [-0.3, -0.25) is 4.79 Å². The third-order valence-electron chi connectivity index (χ3n) is 6.13. The highest BCUT2D eigenvalue weighted by atomic mass is 35.5. The van der Waals surface area contributed by atoms with Crippen LogP contribution in [0.4, 0.5) is 13.2 Å². The molecule has 0 aliphatic heterocycles. The topological polar surface area (TPSA) is 55.4 Å². The van der Waals surface area contributed by atoms with E-state index in [-0.39, 0.29) is 32.1 Å². The van der Waals surface area contributed by atoms with E-state index in [1.807, 2.05) is 37.3 Å². The van der Waals surface area contributed by atoms with Crippen LogP contribution in [0.25, 0.3) is 11.1 Å². The molecule has 172 valence electrons. The lowest BCUT2D eigenvalue weighted by Gasteiger charge is -2.38. The second-order valence-corrected chi connectivity index (χ2v) is 8.70. The van der Waals surface area contributed by atoms with Gasteiger partial charge in [-0.1, -0.05) is 41.9 Å². The second-order valence-electron chi connectivity index (χ2n) is 8.26. The molecule has 1 fully saturated rings. The van der Waals surface area contributed by atoms with Crippen LogP contribution in [0.3, 0.4) is 0 Å². The molecule has 2 aromatic rings. The van der Waals surface area contributed by atoms with Crippen molar-refractivity contribution in [1.29, 1.82) is 0 Å². The summed E-state index contributed by atoms with van der Waals surface area (Å²) in [6.45, 7) is 1.87. The molecule has 0 spiro atoms. The fraction of sp³-hybridized carbons (Fsp3) is 0.417. The molecule has 0 atom stereocenters. The van der Waals surface area contributed by atoms with E-state index in [1.54, 1.807) is 12.1 Å². The molecule has 4 nitrogen and oxygen atoms in total. The Balaban J connectivity index is 1.76. The number of halogens is 4. The summed E-state index contributed by atoms with van der Waals surface area (Å²) < 4.78 is 44.0. The van der Waals surface area contributed by atoms with Crippen LogP contribution in [0.15, 0.2) is 42.5 Å². The van der Waals surface area contributed by atoms with Crippen molar-refractivity contribution in [2.45, 2.75) is 50.7 Å². The summed E-state index contributed by atoms with van der Waals surface area (Å²) in [7, 11) is 1.17. The minimum absolute atomic E-state index is 0.00525. The van der Waals surface area contributed by atoms with E-state index in [1.165, 1.54) is 7.11 Å². The molecule has 0 unspecified atom stereocenters. The van der Waals surface area contributed by atoms with Gasteiger partial charge in [0, 0.05) is 5.02 Å². The summed E-state index contributed by atoms with van der Waals surface area (Å²) >= 11 is 5.95. The van der Waals surface area contributed by atoms with E-state index in [4.69, 9.17) is 16.3 Å². The first-order valence-corrected chi connectivity index (χ1v) is 10.7. The Kier molecular flexibility index (Phi) is 7.18. The van der Waals surface area contributed by atoms with Gasteiger partial charge in [0.2, 0.25) is 5.91 Å². The van der Waals surface area contributed by atoms with E-state index in [9.17, 15) is 22.8 Å². The van der Waals surface area contributed by atoms with Gasteiger partial charge in [0.05, 0.1) is 19.4 Å². The first kappa shape index (κ1) is 24.1. The number of benzene rings is 2. The van der Waals surface area contributed by atoms with Crippen LogP contribution in [-0.4, -0.2) is 30.7 Å². The number of nitrogens with one attached hydrogen (secondary N) is 1. The Hall–Kier alpha value is -2.54. The van der Waals surface area contributed by atoms with E-state index < -0.39 is 29.5 Å². The highest BCUT2D eigenvalue weighted by Crippen LogP contribution is 2.41. The van der Waals surface area contributed by atoms with Crippen molar-refractivity contribution in [2.24, 2.45) is 5.92 Å². The predicted molar refractivity (Wildman–Crippen MR) is 116 cm³/mol. The van der Waals surface area contributed by atoms with Gasteiger partial charge in [-0.2, -0.15) is 13.2 Å². The minimum atomic E-state index is -4.31. The van der Waals surface area contributed by atoms with Crippen LogP contribution in [0.5, 0.6) is 0 Å². The van der Waals surface area contributed by atoms with E-state index in [0.717, 1.165) is 22.3 Å². The van der Waals surface area contributed by atoms with Gasteiger partial charge in [-0.15, -0.1) is 0 Å². The van der Waals surface area contributed by atoms with Gasteiger partial charge < -0.3 is 10.1 Å². The lowest BCUT2D eigenvalue weighted by atomic mass is 9.76. The van der Waals surface area contributed by atoms with Gasteiger partial charge in [-0.25, -0.2) is 4.79 Å². The fourth-order valence-electron chi connectivity index (χ4n) is 4.18. The van der Waals surface area contributed by atoms with E-state index in [2.05, 4.69) is 5.32 Å². The number of methoxy groups -OCH3 is 1. The molecule has 0 aromatic heterocycles. The smallest absolute Gasteiger partial charge is 0.391 e. The van der Waals surface area contributed by atoms with Gasteiger partial charge in [-0.05, 0) is 67.0 Å². The van der Waals surface area contributed by atoms with Crippen LogP contribution in [0.2, 0.25) is 5.02 Å². The molecule has 0 bridgehead atoms. The number of ether oxygens (including phenoxy) is 1. The lowest BCUT2D eigenvalue weighted by molar-refractivity contribution is -0.188.